The summed E-state index contributed by atoms with van der Waals surface area (Å²) >= 11 is 8.78. The average molecular weight is 380 g/mol. The number of anilines is 2. The van der Waals surface area contributed by atoms with E-state index in [1.807, 2.05) is 0 Å². The Morgan fingerprint density at radius 1 is 1.20 bits per heavy atom. The van der Waals surface area contributed by atoms with Crippen molar-refractivity contribution in [2.75, 3.05) is 10.5 Å². The smallest absolute Gasteiger partial charge is 0.264 e. The molecule has 0 amide bonds. The normalized spacial score (nSPS) is 11.3. The van der Waals surface area contributed by atoms with E-state index in [-0.39, 0.29) is 21.3 Å². The third-order valence-corrected chi connectivity index (χ3v) is 4.60. The van der Waals surface area contributed by atoms with Crippen LogP contribution in [0.4, 0.5) is 15.8 Å². The number of halogens is 3. The number of hydrogen-bond acceptors (Lipinski definition) is 3. The first-order valence-electron chi connectivity index (χ1n) is 5.32. The first kappa shape index (κ1) is 15.1. The summed E-state index contributed by atoms with van der Waals surface area (Å²) in [7, 11) is -3.98. The minimum Gasteiger partial charge on any atom is -0.398 e. The summed E-state index contributed by atoms with van der Waals surface area (Å²) in [6.07, 6.45) is 0. The van der Waals surface area contributed by atoms with E-state index < -0.39 is 15.8 Å². The lowest BCUT2D eigenvalue weighted by Gasteiger charge is -2.11. The van der Waals surface area contributed by atoms with Crippen LogP contribution in [0.3, 0.4) is 0 Å². The van der Waals surface area contributed by atoms with Crippen LogP contribution in [-0.4, -0.2) is 8.42 Å². The van der Waals surface area contributed by atoms with Gasteiger partial charge in [0.05, 0.1) is 11.4 Å². The Kier molecular flexibility index (Phi) is 4.22. The quantitative estimate of drug-likeness (QED) is 0.800. The predicted octanol–water partition coefficient (Wildman–Crippen LogP) is 3.62. The van der Waals surface area contributed by atoms with Crippen molar-refractivity contribution >= 4 is 48.9 Å². The van der Waals surface area contributed by atoms with Gasteiger partial charge in [0.1, 0.15) is 10.7 Å². The van der Waals surface area contributed by atoms with E-state index in [4.69, 9.17) is 17.3 Å². The molecule has 0 heterocycles. The Bertz CT molecular complexity index is 768. The zero-order valence-corrected chi connectivity index (χ0v) is 13.1. The van der Waals surface area contributed by atoms with Gasteiger partial charge >= 0.3 is 0 Å². The fraction of sp³-hybridized carbons (Fsp3) is 0. The van der Waals surface area contributed by atoms with Gasteiger partial charge in [0.15, 0.2) is 0 Å². The Labute approximate surface area is 128 Å². The minimum absolute atomic E-state index is 0.0567. The Morgan fingerprint density at radius 3 is 2.50 bits per heavy atom. The first-order chi connectivity index (χ1) is 9.29. The van der Waals surface area contributed by atoms with Gasteiger partial charge in [0.25, 0.3) is 10.0 Å². The molecule has 0 atom stereocenters. The molecule has 0 aliphatic rings. The fourth-order valence-electron chi connectivity index (χ4n) is 1.54. The summed E-state index contributed by atoms with van der Waals surface area (Å²) in [5.74, 6) is -0.767. The summed E-state index contributed by atoms with van der Waals surface area (Å²) in [5, 5.41) is 0.175. The number of sulfonamides is 1. The van der Waals surface area contributed by atoms with Gasteiger partial charge in [-0.2, -0.15) is 0 Å². The standard InChI is InChI=1S/C12H9BrClFN2O2S/c13-7-1-4-12(10(16)5-7)20(18,19)17-11-3-2-8(14)6-9(11)15/h1-6,17H,16H2. The number of hydrogen-bond donors (Lipinski definition) is 2. The van der Waals surface area contributed by atoms with Crippen LogP contribution in [0, 0.1) is 5.82 Å². The van der Waals surface area contributed by atoms with E-state index in [0.29, 0.717) is 4.47 Å². The maximum absolute atomic E-state index is 13.6. The van der Waals surface area contributed by atoms with Crippen LogP contribution in [0.25, 0.3) is 0 Å². The van der Waals surface area contributed by atoms with Crippen molar-refractivity contribution in [3.05, 3.63) is 51.7 Å². The van der Waals surface area contributed by atoms with Gasteiger partial charge in [0.2, 0.25) is 0 Å². The molecule has 0 unspecified atom stereocenters. The monoisotopic (exact) mass is 378 g/mol. The van der Waals surface area contributed by atoms with Gasteiger partial charge in [-0.1, -0.05) is 27.5 Å². The average Bonchev–Trinajstić information content (AvgIpc) is 2.32. The number of nitrogen functional groups attached to an aromatic ring is 1. The van der Waals surface area contributed by atoms with Crippen molar-refractivity contribution < 1.29 is 12.8 Å². The molecule has 3 N–H and O–H groups in total. The molecule has 0 bridgehead atoms. The molecule has 0 aromatic heterocycles. The predicted molar refractivity (Wildman–Crippen MR) is 80.8 cm³/mol. The van der Waals surface area contributed by atoms with Gasteiger partial charge < -0.3 is 5.73 Å². The lowest BCUT2D eigenvalue weighted by molar-refractivity contribution is 0.599. The van der Waals surface area contributed by atoms with Gasteiger partial charge in [-0.15, -0.1) is 0 Å². The molecule has 0 aliphatic heterocycles. The van der Waals surface area contributed by atoms with Gasteiger partial charge in [-0.25, -0.2) is 12.8 Å². The Balaban J connectivity index is 2.41. The zero-order valence-electron chi connectivity index (χ0n) is 9.90. The van der Waals surface area contributed by atoms with Crippen LogP contribution in [0.15, 0.2) is 45.8 Å². The van der Waals surface area contributed by atoms with Crippen molar-refractivity contribution in [2.24, 2.45) is 0 Å². The van der Waals surface area contributed by atoms with E-state index >= 15 is 0 Å². The van der Waals surface area contributed by atoms with Crippen LogP contribution in [0.5, 0.6) is 0 Å². The second-order valence-corrected chi connectivity index (χ2v) is 6.91. The molecule has 2 aromatic rings. The number of benzene rings is 2. The Hall–Kier alpha value is -1.31. The van der Waals surface area contributed by atoms with E-state index in [1.54, 1.807) is 0 Å². The molecule has 0 spiro atoms. The highest BCUT2D eigenvalue weighted by atomic mass is 79.9. The van der Waals surface area contributed by atoms with Crippen LogP contribution in [0.1, 0.15) is 0 Å². The highest BCUT2D eigenvalue weighted by Crippen LogP contribution is 2.26. The number of rotatable bonds is 3. The Morgan fingerprint density at radius 2 is 1.90 bits per heavy atom. The first-order valence-corrected chi connectivity index (χ1v) is 7.98. The van der Waals surface area contributed by atoms with Crippen LogP contribution < -0.4 is 10.5 Å². The van der Waals surface area contributed by atoms with E-state index in [0.717, 1.165) is 6.07 Å². The van der Waals surface area contributed by atoms with Crippen LogP contribution >= 0.6 is 27.5 Å². The van der Waals surface area contributed by atoms with E-state index in [9.17, 15) is 12.8 Å². The third-order valence-electron chi connectivity index (χ3n) is 2.44. The van der Waals surface area contributed by atoms with Crippen molar-refractivity contribution in [1.29, 1.82) is 0 Å². The van der Waals surface area contributed by atoms with Crippen molar-refractivity contribution in [1.82, 2.24) is 0 Å². The number of nitrogens with two attached hydrogens (primary N) is 1. The van der Waals surface area contributed by atoms with Crippen LogP contribution in [-0.2, 0) is 10.0 Å². The number of nitrogens with one attached hydrogen (secondary N) is 1. The molecule has 0 aliphatic carbocycles. The molecule has 106 valence electrons. The van der Waals surface area contributed by atoms with E-state index in [2.05, 4.69) is 20.7 Å². The second kappa shape index (κ2) is 5.59. The molecule has 20 heavy (non-hydrogen) atoms. The molecule has 0 saturated heterocycles. The maximum Gasteiger partial charge on any atom is 0.264 e. The second-order valence-electron chi connectivity index (χ2n) is 3.91. The highest BCUT2D eigenvalue weighted by molar-refractivity contribution is 9.10. The van der Waals surface area contributed by atoms with Gasteiger partial charge in [0, 0.05) is 9.50 Å². The lowest BCUT2D eigenvalue weighted by atomic mass is 10.3. The highest BCUT2D eigenvalue weighted by Gasteiger charge is 2.19. The minimum atomic E-state index is -3.98. The van der Waals surface area contributed by atoms with Crippen LogP contribution in [0.2, 0.25) is 5.02 Å². The lowest BCUT2D eigenvalue weighted by Crippen LogP contribution is -2.15. The maximum atomic E-state index is 13.6. The zero-order chi connectivity index (χ0) is 14.9. The SMILES string of the molecule is Nc1cc(Br)ccc1S(=O)(=O)Nc1ccc(Cl)cc1F. The summed E-state index contributed by atoms with van der Waals surface area (Å²) in [6, 6.07) is 7.95. The van der Waals surface area contributed by atoms with Gasteiger partial charge in [-0.3, -0.25) is 4.72 Å². The topological polar surface area (TPSA) is 72.2 Å². The van der Waals surface area contributed by atoms with Crippen molar-refractivity contribution in [2.45, 2.75) is 4.90 Å². The molecular formula is C12H9BrClFN2O2S. The largest absolute Gasteiger partial charge is 0.398 e. The summed E-state index contributed by atoms with van der Waals surface area (Å²) in [4.78, 5) is -0.130. The molecule has 4 nitrogen and oxygen atoms in total. The molecule has 0 radical (unpaired) electrons. The fourth-order valence-corrected chi connectivity index (χ4v) is 3.26. The summed E-state index contributed by atoms with van der Waals surface area (Å²) < 4.78 is 40.7. The van der Waals surface area contributed by atoms with Crippen molar-refractivity contribution in [3.8, 4) is 0 Å². The summed E-state index contributed by atoms with van der Waals surface area (Å²) in [5.41, 5.74) is 5.52. The van der Waals surface area contributed by atoms with Crippen molar-refractivity contribution in [3.63, 3.8) is 0 Å². The third kappa shape index (κ3) is 3.23. The van der Waals surface area contributed by atoms with E-state index in [1.165, 1.54) is 30.3 Å². The summed E-state index contributed by atoms with van der Waals surface area (Å²) in [6.45, 7) is 0. The molecular weight excluding hydrogens is 371 g/mol. The molecule has 8 heteroatoms. The molecule has 2 aromatic carbocycles. The molecule has 0 saturated carbocycles. The molecule has 2 rings (SSSR count). The molecule has 0 fully saturated rings. The van der Waals surface area contributed by atoms with Gasteiger partial charge in [-0.05, 0) is 36.4 Å².